The summed E-state index contributed by atoms with van der Waals surface area (Å²) >= 11 is 0. The summed E-state index contributed by atoms with van der Waals surface area (Å²) in [5.74, 6) is -0.607. The molecule has 172 valence electrons. The highest BCUT2D eigenvalue weighted by Gasteiger charge is 2.19. The second-order valence-electron chi connectivity index (χ2n) is 8.14. The molecule has 0 bridgehead atoms. The minimum absolute atomic E-state index is 0.0729. The summed E-state index contributed by atoms with van der Waals surface area (Å²) in [5.41, 5.74) is 6.41. The second kappa shape index (κ2) is 13.0. The minimum Gasteiger partial charge on any atom is -0.444 e. The largest absolute Gasteiger partial charge is 0.444 e. The number of hydrogen-bond acceptors (Lipinski definition) is 5. The number of carbonyl (C=O) groups is 1. The fraction of sp³-hybridized carbons (Fsp3) is 0.435. The Balaban J connectivity index is 0.000000343. The molecule has 8 heteroatoms. The van der Waals surface area contributed by atoms with Gasteiger partial charge in [-0.15, -0.1) is 0 Å². The Morgan fingerprint density at radius 2 is 1.52 bits per heavy atom. The van der Waals surface area contributed by atoms with Gasteiger partial charge in [0.05, 0.1) is 19.3 Å². The molecule has 0 heterocycles. The van der Waals surface area contributed by atoms with Crippen LogP contribution in [0.25, 0.3) is 0 Å². The Morgan fingerprint density at radius 1 is 1.00 bits per heavy atom. The van der Waals surface area contributed by atoms with E-state index < -0.39 is 17.7 Å². The van der Waals surface area contributed by atoms with Gasteiger partial charge in [-0.05, 0) is 69.0 Å². The van der Waals surface area contributed by atoms with E-state index in [9.17, 15) is 18.7 Å². The van der Waals surface area contributed by atoms with E-state index in [-0.39, 0.29) is 30.9 Å². The van der Waals surface area contributed by atoms with Gasteiger partial charge < -0.3 is 26.0 Å². The first-order valence-electron chi connectivity index (χ1n) is 9.98. The van der Waals surface area contributed by atoms with E-state index in [4.69, 9.17) is 15.6 Å². The van der Waals surface area contributed by atoms with E-state index in [2.05, 4.69) is 5.32 Å². The summed E-state index contributed by atoms with van der Waals surface area (Å²) in [4.78, 5) is 11.6. The van der Waals surface area contributed by atoms with Crippen molar-refractivity contribution in [2.75, 3.05) is 13.2 Å². The van der Waals surface area contributed by atoms with Gasteiger partial charge in [0, 0.05) is 6.04 Å². The average Bonchev–Trinajstić information content (AvgIpc) is 2.66. The zero-order chi connectivity index (χ0) is 23.4. The van der Waals surface area contributed by atoms with E-state index in [0.717, 1.165) is 5.56 Å². The molecule has 0 fully saturated rings. The van der Waals surface area contributed by atoms with Gasteiger partial charge in [0.25, 0.3) is 0 Å². The molecule has 1 amide bonds. The lowest BCUT2D eigenvalue weighted by Crippen LogP contribution is -2.42. The first kappa shape index (κ1) is 26.5. The van der Waals surface area contributed by atoms with Crippen LogP contribution in [0.2, 0.25) is 0 Å². The van der Waals surface area contributed by atoms with Crippen molar-refractivity contribution in [1.29, 1.82) is 0 Å². The number of carbonyl (C=O) groups excluding carboxylic acids is 1. The Bertz CT molecular complexity index is 812. The molecule has 2 atom stereocenters. The third kappa shape index (κ3) is 12.0. The average molecular weight is 439 g/mol. The maximum absolute atomic E-state index is 13.0. The van der Waals surface area contributed by atoms with Crippen LogP contribution < -0.4 is 11.1 Å². The maximum atomic E-state index is 13.0. The monoisotopic (exact) mass is 438 g/mol. The van der Waals surface area contributed by atoms with Crippen LogP contribution in [0.4, 0.5) is 13.6 Å². The molecular weight excluding hydrogens is 406 g/mol. The van der Waals surface area contributed by atoms with Crippen molar-refractivity contribution in [2.24, 2.45) is 5.73 Å². The molecule has 0 aromatic heterocycles. The molecule has 0 aliphatic heterocycles. The highest BCUT2D eigenvalue weighted by molar-refractivity contribution is 5.68. The zero-order valence-corrected chi connectivity index (χ0v) is 18.1. The number of nitrogens with one attached hydrogen (secondary N) is 1. The van der Waals surface area contributed by atoms with E-state index in [1.165, 1.54) is 24.3 Å². The number of amides is 1. The van der Waals surface area contributed by atoms with Gasteiger partial charge >= 0.3 is 6.09 Å². The van der Waals surface area contributed by atoms with Crippen LogP contribution >= 0.6 is 0 Å². The Morgan fingerprint density at radius 3 is 1.94 bits per heavy atom. The Kier molecular flexibility index (Phi) is 11.1. The fourth-order valence-corrected chi connectivity index (χ4v) is 2.62. The molecule has 0 saturated carbocycles. The smallest absolute Gasteiger partial charge is 0.407 e. The molecule has 5 N–H and O–H groups in total. The quantitative estimate of drug-likeness (QED) is 0.532. The molecule has 2 aromatic rings. The van der Waals surface area contributed by atoms with Gasteiger partial charge in [0.1, 0.15) is 17.2 Å². The summed E-state index contributed by atoms with van der Waals surface area (Å²) in [6.07, 6.45) is 0.254. The highest BCUT2D eigenvalue weighted by atomic mass is 19.1. The molecule has 0 radical (unpaired) electrons. The number of aliphatic hydroxyl groups is 2. The summed E-state index contributed by atoms with van der Waals surface area (Å²) in [5, 5.41) is 20.4. The summed E-state index contributed by atoms with van der Waals surface area (Å²) < 4.78 is 30.7. The summed E-state index contributed by atoms with van der Waals surface area (Å²) in [7, 11) is 0. The number of hydrogen-bond donors (Lipinski definition) is 4. The first-order valence-corrected chi connectivity index (χ1v) is 9.98. The SMILES string of the molecule is CC(C)(C)OC(=O)N[C@H](CO)Cc1cccc(F)c1.N[C@H](CO)Cc1cccc(F)c1. The Labute approximate surface area is 182 Å². The molecule has 0 aliphatic carbocycles. The molecule has 0 aliphatic rings. The summed E-state index contributed by atoms with van der Waals surface area (Å²) in [6, 6.07) is 11.5. The van der Waals surface area contributed by atoms with Gasteiger partial charge in [-0.3, -0.25) is 0 Å². The predicted octanol–water partition coefficient (Wildman–Crippen LogP) is 2.94. The molecule has 0 spiro atoms. The number of aliphatic hydroxyl groups excluding tert-OH is 2. The van der Waals surface area contributed by atoms with Gasteiger partial charge in [-0.1, -0.05) is 24.3 Å². The number of benzene rings is 2. The normalized spacial score (nSPS) is 12.9. The van der Waals surface area contributed by atoms with E-state index in [1.807, 2.05) is 0 Å². The third-order valence-corrected chi connectivity index (χ3v) is 3.93. The van der Waals surface area contributed by atoms with Crippen molar-refractivity contribution in [3.05, 3.63) is 71.3 Å². The molecular formula is C23H32F2N2O4. The van der Waals surface area contributed by atoms with Gasteiger partial charge in [0.15, 0.2) is 0 Å². The van der Waals surface area contributed by atoms with Crippen molar-refractivity contribution >= 4 is 6.09 Å². The van der Waals surface area contributed by atoms with Gasteiger partial charge in [-0.2, -0.15) is 0 Å². The van der Waals surface area contributed by atoms with Crippen LogP contribution in [0, 0.1) is 11.6 Å². The van der Waals surface area contributed by atoms with Gasteiger partial charge in [-0.25, -0.2) is 13.6 Å². The zero-order valence-electron chi connectivity index (χ0n) is 18.1. The second-order valence-corrected chi connectivity index (χ2v) is 8.14. The van der Waals surface area contributed by atoms with Crippen molar-refractivity contribution in [3.8, 4) is 0 Å². The van der Waals surface area contributed by atoms with Crippen LogP contribution in [-0.4, -0.2) is 47.2 Å². The standard InChI is InChI=1S/C14H20FNO3.C9H12FNO/c1-14(2,3)19-13(18)16-12(9-17)8-10-5-4-6-11(15)7-10;10-8-3-1-2-7(4-8)5-9(11)6-12/h4-7,12,17H,8-9H2,1-3H3,(H,16,18);1-4,9,12H,5-6,11H2/t12-;9-/m00/s1. The number of alkyl carbamates (subject to hydrolysis) is 1. The first-order chi connectivity index (χ1) is 14.5. The topological polar surface area (TPSA) is 105 Å². The van der Waals surface area contributed by atoms with E-state index in [1.54, 1.807) is 45.0 Å². The van der Waals surface area contributed by atoms with Crippen molar-refractivity contribution in [1.82, 2.24) is 5.32 Å². The maximum Gasteiger partial charge on any atom is 0.407 e. The molecule has 6 nitrogen and oxygen atoms in total. The lowest BCUT2D eigenvalue weighted by molar-refractivity contribution is 0.0483. The predicted molar refractivity (Wildman–Crippen MR) is 116 cm³/mol. The van der Waals surface area contributed by atoms with Gasteiger partial charge in [0.2, 0.25) is 0 Å². The number of ether oxygens (including phenoxy) is 1. The minimum atomic E-state index is -0.594. The lowest BCUT2D eigenvalue weighted by Gasteiger charge is -2.22. The van der Waals surface area contributed by atoms with Crippen molar-refractivity contribution in [2.45, 2.75) is 51.3 Å². The molecule has 2 rings (SSSR count). The van der Waals surface area contributed by atoms with Crippen LogP contribution in [-0.2, 0) is 17.6 Å². The van der Waals surface area contributed by atoms with Crippen LogP contribution in [0.15, 0.2) is 48.5 Å². The van der Waals surface area contributed by atoms with Crippen molar-refractivity contribution in [3.63, 3.8) is 0 Å². The third-order valence-electron chi connectivity index (χ3n) is 3.93. The molecule has 0 saturated heterocycles. The summed E-state index contributed by atoms with van der Waals surface area (Å²) in [6.45, 7) is 4.96. The molecule has 0 unspecified atom stereocenters. The Hall–Kier alpha value is -2.55. The van der Waals surface area contributed by atoms with Crippen LogP contribution in [0.1, 0.15) is 31.9 Å². The van der Waals surface area contributed by atoms with Crippen LogP contribution in [0.3, 0.4) is 0 Å². The highest BCUT2D eigenvalue weighted by Crippen LogP contribution is 2.09. The number of nitrogens with two attached hydrogens (primary N) is 1. The van der Waals surface area contributed by atoms with Crippen LogP contribution in [0.5, 0.6) is 0 Å². The van der Waals surface area contributed by atoms with E-state index in [0.29, 0.717) is 18.4 Å². The molecule has 2 aromatic carbocycles. The number of rotatable bonds is 7. The van der Waals surface area contributed by atoms with Crippen molar-refractivity contribution < 1.29 is 28.5 Å². The fourth-order valence-electron chi connectivity index (χ4n) is 2.62. The number of halogens is 2. The molecule has 31 heavy (non-hydrogen) atoms. The lowest BCUT2D eigenvalue weighted by atomic mass is 10.1. The van der Waals surface area contributed by atoms with E-state index >= 15 is 0 Å².